The molecule has 0 radical (unpaired) electrons. The van der Waals surface area contributed by atoms with Crippen molar-refractivity contribution in [3.63, 3.8) is 0 Å². The predicted molar refractivity (Wildman–Crippen MR) is 111 cm³/mol. The molecule has 5 nitrogen and oxygen atoms in total. The zero-order valence-corrected chi connectivity index (χ0v) is 17.3. The molecule has 1 aliphatic heterocycles. The molecular formula is C22H19BrFNO4. The Morgan fingerprint density at radius 2 is 1.79 bits per heavy atom. The Morgan fingerprint density at radius 3 is 2.59 bits per heavy atom. The van der Waals surface area contributed by atoms with E-state index in [0.29, 0.717) is 24.7 Å². The molecule has 0 fully saturated rings. The zero-order chi connectivity index (χ0) is 20.2. The maximum absolute atomic E-state index is 13.0. The number of anilines is 1. The maximum atomic E-state index is 13.0. The predicted octanol–water partition coefficient (Wildman–Crippen LogP) is 5.52. The van der Waals surface area contributed by atoms with E-state index in [-0.39, 0.29) is 12.6 Å². The summed E-state index contributed by atoms with van der Waals surface area (Å²) in [6.07, 6.45) is 0. The van der Waals surface area contributed by atoms with Crippen molar-refractivity contribution in [2.45, 2.75) is 13.2 Å². The lowest BCUT2D eigenvalue weighted by Crippen LogP contribution is -2.03. The van der Waals surface area contributed by atoms with Gasteiger partial charge in [0.05, 0.1) is 7.11 Å². The van der Waals surface area contributed by atoms with Gasteiger partial charge in [-0.2, -0.15) is 0 Å². The van der Waals surface area contributed by atoms with Crippen LogP contribution in [0.15, 0.2) is 59.1 Å². The van der Waals surface area contributed by atoms with Gasteiger partial charge in [-0.15, -0.1) is 0 Å². The number of fused-ring (bicyclic) bond motifs is 1. The highest BCUT2D eigenvalue weighted by molar-refractivity contribution is 9.10. The van der Waals surface area contributed by atoms with Crippen molar-refractivity contribution in [2.24, 2.45) is 0 Å². The first-order valence-electron chi connectivity index (χ1n) is 8.99. The molecule has 0 saturated carbocycles. The molecule has 0 aromatic heterocycles. The van der Waals surface area contributed by atoms with Crippen LogP contribution in [0.4, 0.5) is 10.1 Å². The van der Waals surface area contributed by atoms with Crippen molar-refractivity contribution < 1.29 is 23.3 Å². The van der Waals surface area contributed by atoms with E-state index in [9.17, 15) is 4.39 Å². The molecule has 3 aromatic rings. The van der Waals surface area contributed by atoms with Crippen LogP contribution in [0.2, 0.25) is 0 Å². The van der Waals surface area contributed by atoms with E-state index >= 15 is 0 Å². The number of hydrogen-bond donors (Lipinski definition) is 1. The molecule has 1 aliphatic rings. The zero-order valence-electron chi connectivity index (χ0n) is 15.7. The molecule has 1 heterocycles. The van der Waals surface area contributed by atoms with Crippen LogP contribution < -0.4 is 24.3 Å². The van der Waals surface area contributed by atoms with Gasteiger partial charge in [0.15, 0.2) is 23.0 Å². The third-order valence-corrected chi connectivity index (χ3v) is 5.23. The molecule has 29 heavy (non-hydrogen) atoms. The molecule has 0 aliphatic carbocycles. The third kappa shape index (κ3) is 4.56. The summed E-state index contributed by atoms with van der Waals surface area (Å²) in [6.45, 7) is 1.15. The average molecular weight is 460 g/mol. The number of ether oxygens (including phenoxy) is 4. The third-order valence-electron chi connectivity index (χ3n) is 4.50. The summed E-state index contributed by atoms with van der Waals surface area (Å²) < 4.78 is 36.0. The first-order chi connectivity index (χ1) is 14.1. The summed E-state index contributed by atoms with van der Waals surface area (Å²) >= 11 is 3.60. The number of benzene rings is 3. The quantitative estimate of drug-likeness (QED) is 0.504. The van der Waals surface area contributed by atoms with Crippen LogP contribution in [-0.4, -0.2) is 13.9 Å². The fourth-order valence-electron chi connectivity index (χ4n) is 2.93. The number of rotatable bonds is 7. The van der Waals surface area contributed by atoms with Crippen molar-refractivity contribution in [1.82, 2.24) is 0 Å². The van der Waals surface area contributed by atoms with Gasteiger partial charge in [0, 0.05) is 22.8 Å². The molecule has 7 heteroatoms. The van der Waals surface area contributed by atoms with Crippen molar-refractivity contribution in [3.05, 3.63) is 76.0 Å². The second kappa shape index (κ2) is 8.61. The smallest absolute Gasteiger partial charge is 0.231 e. The van der Waals surface area contributed by atoms with Gasteiger partial charge in [-0.3, -0.25) is 0 Å². The summed E-state index contributed by atoms with van der Waals surface area (Å²) in [5, 5.41) is 3.37. The fraction of sp³-hybridized carbons (Fsp3) is 0.182. The molecule has 0 amide bonds. The first kappa shape index (κ1) is 19.4. The molecule has 3 aromatic carbocycles. The summed E-state index contributed by atoms with van der Waals surface area (Å²) in [5.74, 6) is 2.44. The SMILES string of the molecule is COc1cc(CNc2ccc3c(c2)OCO3)c(Br)cc1OCc1ccc(F)cc1. The largest absolute Gasteiger partial charge is 0.493 e. The Balaban J connectivity index is 1.44. The van der Waals surface area contributed by atoms with E-state index in [2.05, 4.69) is 21.2 Å². The minimum atomic E-state index is -0.270. The topological polar surface area (TPSA) is 49.0 Å². The molecule has 1 N–H and O–H groups in total. The molecule has 0 spiro atoms. The Kier molecular flexibility index (Phi) is 5.76. The highest BCUT2D eigenvalue weighted by atomic mass is 79.9. The molecule has 4 rings (SSSR count). The first-order valence-corrected chi connectivity index (χ1v) is 9.79. The molecule has 0 atom stereocenters. The van der Waals surface area contributed by atoms with E-state index in [0.717, 1.165) is 32.8 Å². The number of methoxy groups -OCH3 is 1. The highest BCUT2D eigenvalue weighted by Gasteiger charge is 2.14. The van der Waals surface area contributed by atoms with Crippen LogP contribution in [0.25, 0.3) is 0 Å². The molecule has 0 unspecified atom stereocenters. The van der Waals surface area contributed by atoms with Gasteiger partial charge >= 0.3 is 0 Å². The lowest BCUT2D eigenvalue weighted by atomic mass is 10.2. The Bertz CT molecular complexity index is 1010. The minimum absolute atomic E-state index is 0.251. The van der Waals surface area contributed by atoms with Crippen molar-refractivity contribution in [3.8, 4) is 23.0 Å². The average Bonchev–Trinajstić information content (AvgIpc) is 3.20. The van der Waals surface area contributed by atoms with E-state index in [1.54, 1.807) is 19.2 Å². The van der Waals surface area contributed by atoms with Gasteiger partial charge < -0.3 is 24.3 Å². The van der Waals surface area contributed by atoms with E-state index in [4.69, 9.17) is 18.9 Å². The lowest BCUT2D eigenvalue weighted by molar-refractivity contribution is 0.174. The Hall–Kier alpha value is -2.93. The van der Waals surface area contributed by atoms with Crippen LogP contribution in [0.1, 0.15) is 11.1 Å². The normalized spacial score (nSPS) is 12.0. The number of nitrogens with one attached hydrogen (secondary N) is 1. The van der Waals surface area contributed by atoms with Crippen LogP contribution in [0, 0.1) is 5.82 Å². The van der Waals surface area contributed by atoms with Gasteiger partial charge in [0.2, 0.25) is 6.79 Å². The summed E-state index contributed by atoms with van der Waals surface area (Å²) in [5.41, 5.74) is 2.81. The van der Waals surface area contributed by atoms with Gasteiger partial charge in [-0.1, -0.05) is 28.1 Å². The monoisotopic (exact) mass is 459 g/mol. The van der Waals surface area contributed by atoms with Crippen LogP contribution >= 0.6 is 15.9 Å². The standard InChI is InChI=1S/C22H19BrFNO4/c1-26-20-8-15(11-25-17-6-7-19-21(9-17)29-13-28-19)18(23)10-22(20)27-12-14-2-4-16(24)5-3-14/h2-10,25H,11-13H2,1H3. The van der Waals surface area contributed by atoms with Gasteiger partial charge in [-0.05, 0) is 47.5 Å². The van der Waals surface area contributed by atoms with Crippen LogP contribution in [0.3, 0.4) is 0 Å². The highest BCUT2D eigenvalue weighted by Crippen LogP contribution is 2.36. The van der Waals surface area contributed by atoms with Crippen LogP contribution in [-0.2, 0) is 13.2 Å². The van der Waals surface area contributed by atoms with Crippen molar-refractivity contribution >= 4 is 21.6 Å². The van der Waals surface area contributed by atoms with Gasteiger partial charge in [0.1, 0.15) is 12.4 Å². The molecular weight excluding hydrogens is 441 g/mol. The lowest BCUT2D eigenvalue weighted by Gasteiger charge is -2.15. The maximum Gasteiger partial charge on any atom is 0.231 e. The Labute approximate surface area is 176 Å². The Morgan fingerprint density at radius 1 is 1.00 bits per heavy atom. The molecule has 150 valence electrons. The summed E-state index contributed by atoms with van der Waals surface area (Å²) in [6, 6.07) is 15.7. The number of hydrogen-bond acceptors (Lipinski definition) is 5. The van der Waals surface area contributed by atoms with Crippen LogP contribution in [0.5, 0.6) is 23.0 Å². The fourth-order valence-corrected chi connectivity index (χ4v) is 3.39. The second-order valence-electron chi connectivity index (χ2n) is 6.43. The van der Waals surface area contributed by atoms with Crippen molar-refractivity contribution in [1.29, 1.82) is 0 Å². The van der Waals surface area contributed by atoms with Gasteiger partial charge in [0.25, 0.3) is 0 Å². The molecule has 0 bridgehead atoms. The minimum Gasteiger partial charge on any atom is -0.493 e. The van der Waals surface area contributed by atoms with Gasteiger partial charge in [-0.25, -0.2) is 4.39 Å². The van der Waals surface area contributed by atoms with E-state index in [1.165, 1.54) is 12.1 Å². The molecule has 0 saturated heterocycles. The summed E-state index contributed by atoms with van der Waals surface area (Å²) in [4.78, 5) is 0. The second-order valence-corrected chi connectivity index (χ2v) is 7.29. The van der Waals surface area contributed by atoms with E-state index in [1.807, 2.05) is 30.3 Å². The number of halogens is 2. The van der Waals surface area contributed by atoms with Crippen molar-refractivity contribution in [2.75, 3.05) is 19.2 Å². The summed E-state index contributed by atoms with van der Waals surface area (Å²) in [7, 11) is 1.60. The van der Waals surface area contributed by atoms with E-state index < -0.39 is 0 Å².